The molecule has 3 fully saturated rings. The molecule has 2 heterocycles. The lowest BCUT2D eigenvalue weighted by Gasteiger charge is -2.26. The fourth-order valence-electron chi connectivity index (χ4n) is 3.27. The van der Waals surface area contributed by atoms with E-state index in [0.717, 1.165) is 13.1 Å². The van der Waals surface area contributed by atoms with E-state index in [2.05, 4.69) is 10.2 Å². The summed E-state index contributed by atoms with van der Waals surface area (Å²) in [7, 11) is 0. The minimum absolute atomic E-state index is 0.173. The molecule has 3 atom stereocenters. The number of fused-ring (bicyclic) bond motifs is 2. The number of amides is 1. The molecule has 1 amide bonds. The van der Waals surface area contributed by atoms with Crippen molar-refractivity contribution in [2.75, 3.05) is 13.1 Å². The molecule has 1 saturated carbocycles. The van der Waals surface area contributed by atoms with Gasteiger partial charge in [-0.25, -0.2) is 0 Å². The summed E-state index contributed by atoms with van der Waals surface area (Å²) in [5, 5.41) is 3.48. The Balaban J connectivity index is 1.67. The van der Waals surface area contributed by atoms with Gasteiger partial charge in [0.25, 0.3) is 0 Å². The number of carbonyl (C=O) groups is 1. The maximum absolute atomic E-state index is 12.1. The predicted molar refractivity (Wildman–Crippen MR) is 53.9 cm³/mol. The van der Waals surface area contributed by atoms with Crippen LogP contribution in [-0.4, -0.2) is 36.0 Å². The van der Waals surface area contributed by atoms with Crippen molar-refractivity contribution in [3.63, 3.8) is 0 Å². The minimum atomic E-state index is 0.173. The summed E-state index contributed by atoms with van der Waals surface area (Å²) in [4.78, 5) is 14.2. The molecule has 78 valence electrons. The van der Waals surface area contributed by atoms with Crippen molar-refractivity contribution in [2.24, 2.45) is 5.92 Å². The summed E-state index contributed by atoms with van der Waals surface area (Å²) in [5.74, 6) is 1.03. The smallest absolute Gasteiger partial charge is 0.240 e. The number of carbonyl (C=O) groups excluding carboxylic acids is 1. The SMILES string of the molecule is O=C([C@H]1N[C@@H]2CC[C@H]1C2)N1CCCC1. The molecular formula is C11H18N2O. The number of hydrogen-bond acceptors (Lipinski definition) is 2. The maximum atomic E-state index is 12.1. The van der Waals surface area contributed by atoms with E-state index >= 15 is 0 Å². The molecule has 3 nitrogen and oxygen atoms in total. The van der Waals surface area contributed by atoms with Gasteiger partial charge in [0.15, 0.2) is 0 Å². The number of rotatable bonds is 1. The Hall–Kier alpha value is -0.570. The van der Waals surface area contributed by atoms with E-state index in [4.69, 9.17) is 0 Å². The molecule has 3 rings (SSSR count). The van der Waals surface area contributed by atoms with Gasteiger partial charge < -0.3 is 10.2 Å². The van der Waals surface area contributed by atoms with Gasteiger partial charge in [0.1, 0.15) is 0 Å². The lowest BCUT2D eigenvalue weighted by molar-refractivity contribution is -0.133. The van der Waals surface area contributed by atoms with Crippen LogP contribution in [0.4, 0.5) is 0 Å². The first-order valence-corrected chi connectivity index (χ1v) is 5.89. The summed E-state index contributed by atoms with van der Waals surface area (Å²) in [6, 6.07) is 0.823. The van der Waals surface area contributed by atoms with Crippen LogP contribution in [-0.2, 0) is 4.79 Å². The van der Waals surface area contributed by atoms with E-state index in [-0.39, 0.29) is 6.04 Å². The molecule has 0 radical (unpaired) electrons. The second-order valence-corrected chi connectivity index (χ2v) is 4.95. The van der Waals surface area contributed by atoms with Crippen molar-refractivity contribution in [2.45, 2.75) is 44.2 Å². The monoisotopic (exact) mass is 194 g/mol. The van der Waals surface area contributed by atoms with Crippen LogP contribution in [0.2, 0.25) is 0 Å². The van der Waals surface area contributed by atoms with Crippen molar-refractivity contribution < 1.29 is 4.79 Å². The van der Waals surface area contributed by atoms with Gasteiger partial charge in [-0.1, -0.05) is 0 Å². The fraction of sp³-hybridized carbons (Fsp3) is 0.909. The first-order chi connectivity index (χ1) is 6.84. The van der Waals surface area contributed by atoms with Crippen LogP contribution >= 0.6 is 0 Å². The van der Waals surface area contributed by atoms with Crippen molar-refractivity contribution in [3.8, 4) is 0 Å². The van der Waals surface area contributed by atoms with E-state index in [1.54, 1.807) is 0 Å². The predicted octanol–water partition coefficient (Wildman–Crippen LogP) is 0.749. The summed E-state index contributed by atoms with van der Waals surface area (Å²) in [6.45, 7) is 1.99. The Kier molecular flexibility index (Phi) is 2.01. The number of nitrogens with one attached hydrogen (secondary N) is 1. The highest BCUT2D eigenvalue weighted by Gasteiger charge is 2.44. The van der Waals surface area contributed by atoms with Gasteiger partial charge in [-0.2, -0.15) is 0 Å². The fourth-order valence-corrected chi connectivity index (χ4v) is 3.27. The van der Waals surface area contributed by atoms with E-state index < -0.39 is 0 Å². The van der Waals surface area contributed by atoms with Gasteiger partial charge in [0.2, 0.25) is 5.91 Å². The van der Waals surface area contributed by atoms with E-state index in [9.17, 15) is 4.79 Å². The van der Waals surface area contributed by atoms with Crippen LogP contribution in [0.15, 0.2) is 0 Å². The van der Waals surface area contributed by atoms with Crippen molar-refractivity contribution >= 4 is 5.91 Å². The zero-order valence-corrected chi connectivity index (χ0v) is 8.54. The quantitative estimate of drug-likeness (QED) is 0.668. The van der Waals surface area contributed by atoms with Crippen molar-refractivity contribution in [1.82, 2.24) is 10.2 Å². The summed E-state index contributed by atoms with van der Waals surface area (Å²) in [6.07, 6.45) is 6.19. The third kappa shape index (κ3) is 1.26. The average Bonchev–Trinajstić information content (AvgIpc) is 2.93. The number of likely N-dealkylation sites (tertiary alicyclic amines) is 1. The molecule has 3 aliphatic rings. The molecule has 2 aliphatic heterocycles. The Labute approximate surface area is 84.8 Å². The first-order valence-electron chi connectivity index (χ1n) is 5.89. The number of hydrogen-bond donors (Lipinski definition) is 1. The van der Waals surface area contributed by atoms with E-state index in [1.807, 2.05) is 0 Å². The summed E-state index contributed by atoms with van der Waals surface area (Å²) >= 11 is 0. The molecule has 0 aromatic carbocycles. The second kappa shape index (κ2) is 3.23. The minimum Gasteiger partial charge on any atom is -0.341 e. The van der Waals surface area contributed by atoms with Gasteiger partial charge in [-0.05, 0) is 38.0 Å². The van der Waals surface area contributed by atoms with Gasteiger partial charge in [0, 0.05) is 19.1 Å². The summed E-state index contributed by atoms with van der Waals surface area (Å²) < 4.78 is 0. The van der Waals surface area contributed by atoms with Crippen LogP contribution < -0.4 is 5.32 Å². The topological polar surface area (TPSA) is 32.3 Å². The molecule has 1 aliphatic carbocycles. The van der Waals surface area contributed by atoms with Crippen LogP contribution in [0.3, 0.4) is 0 Å². The molecule has 0 spiro atoms. The van der Waals surface area contributed by atoms with Crippen molar-refractivity contribution in [1.29, 1.82) is 0 Å². The maximum Gasteiger partial charge on any atom is 0.240 e. The number of nitrogens with zero attached hydrogens (tertiary/aromatic N) is 1. The third-order valence-electron chi connectivity index (χ3n) is 4.04. The highest BCUT2D eigenvalue weighted by atomic mass is 16.2. The van der Waals surface area contributed by atoms with Crippen LogP contribution in [0.5, 0.6) is 0 Å². The molecule has 1 N–H and O–H groups in total. The lowest BCUT2D eigenvalue weighted by Crippen LogP contribution is -2.48. The molecule has 0 aromatic heterocycles. The zero-order valence-electron chi connectivity index (χ0n) is 8.54. The molecule has 14 heavy (non-hydrogen) atoms. The Morgan fingerprint density at radius 1 is 1.21 bits per heavy atom. The van der Waals surface area contributed by atoms with Crippen LogP contribution in [0.25, 0.3) is 0 Å². The van der Waals surface area contributed by atoms with E-state index in [1.165, 1.54) is 32.1 Å². The molecule has 0 unspecified atom stereocenters. The Morgan fingerprint density at radius 2 is 2.00 bits per heavy atom. The van der Waals surface area contributed by atoms with Crippen LogP contribution in [0, 0.1) is 5.92 Å². The summed E-state index contributed by atoms with van der Waals surface area (Å²) in [5.41, 5.74) is 0. The highest BCUT2D eigenvalue weighted by Crippen LogP contribution is 2.36. The van der Waals surface area contributed by atoms with Gasteiger partial charge in [0.05, 0.1) is 6.04 Å². The highest BCUT2D eigenvalue weighted by molar-refractivity contribution is 5.83. The molecule has 2 saturated heterocycles. The average molecular weight is 194 g/mol. The van der Waals surface area contributed by atoms with E-state index in [0.29, 0.717) is 17.9 Å². The third-order valence-corrected chi connectivity index (χ3v) is 4.04. The number of piperidine rings is 1. The first kappa shape index (κ1) is 8.72. The normalized spacial score (nSPS) is 40.9. The molecule has 3 heteroatoms. The largest absolute Gasteiger partial charge is 0.341 e. The van der Waals surface area contributed by atoms with Gasteiger partial charge >= 0.3 is 0 Å². The van der Waals surface area contributed by atoms with Crippen molar-refractivity contribution in [3.05, 3.63) is 0 Å². The Morgan fingerprint density at radius 3 is 2.57 bits per heavy atom. The molecule has 0 aromatic rings. The molecular weight excluding hydrogens is 176 g/mol. The molecule has 2 bridgehead atoms. The van der Waals surface area contributed by atoms with Gasteiger partial charge in [-0.15, -0.1) is 0 Å². The second-order valence-electron chi connectivity index (χ2n) is 4.95. The standard InChI is InChI=1S/C11H18N2O/c14-11(13-5-1-2-6-13)10-8-3-4-9(7-8)12-10/h8-10,12H,1-7H2/t8-,9+,10-/m0/s1. The lowest BCUT2D eigenvalue weighted by atomic mass is 9.99. The van der Waals surface area contributed by atoms with Crippen LogP contribution in [0.1, 0.15) is 32.1 Å². The Bertz CT molecular complexity index is 248. The van der Waals surface area contributed by atoms with Gasteiger partial charge in [-0.3, -0.25) is 4.79 Å². The zero-order chi connectivity index (χ0) is 9.54.